The van der Waals surface area contributed by atoms with Gasteiger partial charge in [-0.25, -0.2) is 4.79 Å². The standard InChI is InChI=1S/C18H14Cl2N2O4S/c1-9-12(8-21)17(27-16(9)18(24)26-3)22-14(23)5-4-10-6-11(19)7-13(20)15(10)25-2/h4-7H,1-3H3,(H,22,23)/b5-4+. The van der Waals surface area contributed by atoms with E-state index in [2.05, 4.69) is 10.1 Å². The Morgan fingerprint density at radius 1 is 1.30 bits per heavy atom. The van der Waals surface area contributed by atoms with Crippen LogP contribution in [0.15, 0.2) is 18.2 Å². The fourth-order valence-corrected chi connectivity index (χ4v) is 3.93. The van der Waals surface area contributed by atoms with Gasteiger partial charge in [-0.3, -0.25) is 4.79 Å². The lowest BCUT2D eigenvalue weighted by atomic mass is 10.1. The molecule has 0 fully saturated rings. The normalized spacial score (nSPS) is 10.5. The highest BCUT2D eigenvalue weighted by molar-refractivity contribution is 7.18. The fourth-order valence-electron chi connectivity index (χ4n) is 2.26. The molecule has 27 heavy (non-hydrogen) atoms. The molecule has 2 rings (SSSR count). The molecule has 0 atom stereocenters. The van der Waals surface area contributed by atoms with E-state index in [-0.39, 0.29) is 15.4 Å². The Labute approximate surface area is 169 Å². The van der Waals surface area contributed by atoms with Gasteiger partial charge in [-0.15, -0.1) is 11.3 Å². The van der Waals surface area contributed by atoms with Crippen molar-refractivity contribution in [3.63, 3.8) is 0 Å². The number of nitrogens with zero attached hydrogens (tertiary/aromatic N) is 1. The van der Waals surface area contributed by atoms with Gasteiger partial charge >= 0.3 is 5.97 Å². The first-order chi connectivity index (χ1) is 12.8. The Balaban J connectivity index is 2.28. The summed E-state index contributed by atoms with van der Waals surface area (Å²) < 4.78 is 9.89. The summed E-state index contributed by atoms with van der Waals surface area (Å²) in [5.41, 5.74) is 1.19. The van der Waals surface area contributed by atoms with Crippen LogP contribution in [0.4, 0.5) is 5.00 Å². The number of carbonyl (C=O) groups is 2. The second kappa shape index (κ2) is 8.91. The van der Waals surface area contributed by atoms with Crippen LogP contribution in [0.1, 0.15) is 26.4 Å². The molecule has 0 unspecified atom stereocenters. The molecule has 1 aromatic heterocycles. The molecular formula is C18H14Cl2N2O4S. The molecule has 9 heteroatoms. The van der Waals surface area contributed by atoms with Gasteiger partial charge in [0.2, 0.25) is 5.91 Å². The first-order valence-electron chi connectivity index (χ1n) is 7.46. The van der Waals surface area contributed by atoms with Crippen LogP contribution in [0.5, 0.6) is 5.75 Å². The van der Waals surface area contributed by atoms with Crippen molar-refractivity contribution in [2.45, 2.75) is 6.92 Å². The van der Waals surface area contributed by atoms with E-state index in [1.54, 1.807) is 13.0 Å². The number of nitrogens with one attached hydrogen (secondary N) is 1. The highest BCUT2D eigenvalue weighted by Gasteiger charge is 2.21. The van der Waals surface area contributed by atoms with Crippen molar-refractivity contribution < 1.29 is 19.1 Å². The molecule has 0 saturated heterocycles. The quantitative estimate of drug-likeness (QED) is 0.555. The monoisotopic (exact) mass is 424 g/mol. The van der Waals surface area contributed by atoms with Gasteiger partial charge in [0.15, 0.2) is 0 Å². The van der Waals surface area contributed by atoms with Gasteiger partial charge in [0.25, 0.3) is 0 Å². The second-order valence-corrected chi connectivity index (χ2v) is 7.06. The Hall–Kier alpha value is -2.53. The molecule has 0 radical (unpaired) electrons. The first-order valence-corrected chi connectivity index (χ1v) is 9.03. The van der Waals surface area contributed by atoms with Crippen LogP contribution >= 0.6 is 34.5 Å². The number of benzene rings is 1. The van der Waals surface area contributed by atoms with Crippen molar-refractivity contribution in [3.05, 3.63) is 49.8 Å². The third-order valence-electron chi connectivity index (χ3n) is 3.52. The largest absolute Gasteiger partial charge is 0.495 e. The zero-order valence-electron chi connectivity index (χ0n) is 14.6. The maximum atomic E-state index is 12.3. The van der Waals surface area contributed by atoms with E-state index in [1.807, 2.05) is 6.07 Å². The first kappa shape index (κ1) is 20.8. The van der Waals surface area contributed by atoms with Gasteiger partial charge < -0.3 is 14.8 Å². The predicted molar refractivity (Wildman–Crippen MR) is 106 cm³/mol. The van der Waals surface area contributed by atoms with Crippen LogP contribution in [0, 0.1) is 18.3 Å². The molecule has 1 amide bonds. The van der Waals surface area contributed by atoms with Crippen LogP contribution in [0.25, 0.3) is 6.08 Å². The van der Waals surface area contributed by atoms with Crippen LogP contribution in [0.2, 0.25) is 10.0 Å². The SMILES string of the molecule is COC(=O)c1sc(NC(=O)/C=C/c2cc(Cl)cc(Cl)c2OC)c(C#N)c1C. The zero-order valence-corrected chi connectivity index (χ0v) is 16.9. The van der Waals surface area contributed by atoms with E-state index in [4.69, 9.17) is 27.9 Å². The average Bonchev–Trinajstić information content (AvgIpc) is 2.94. The molecule has 1 heterocycles. The number of amides is 1. The van der Waals surface area contributed by atoms with Crippen molar-refractivity contribution >= 4 is 57.5 Å². The van der Waals surface area contributed by atoms with Gasteiger partial charge in [0.05, 0.1) is 24.8 Å². The smallest absolute Gasteiger partial charge is 0.348 e. The number of thiophene rings is 1. The number of hydrogen-bond acceptors (Lipinski definition) is 6. The molecule has 0 bridgehead atoms. The average molecular weight is 425 g/mol. The Kier molecular flexibility index (Phi) is 6.86. The van der Waals surface area contributed by atoms with E-state index in [0.717, 1.165) is 11.3 Å². The second-order valence-electron chi connectivity index (χ2n) is 5.20. The van der Waals surface area contributed by atoms with Crippen LogP contribution < -0.4 is 10.1 Å². The topological polar surface area (TPSA) is 88.4 Å². The number of nitriles is 1. The Bertz CT molecular complexity index is 977. The lowest BCUT2D eigenvalue weighted by Crippen LogP contribution is -2.07. The summed E-state index contributed by atoms with van der Waals surface area (Å²) in [5.74, 6) is -0.687. The molecule has 0 aliphatic carbocycles. The summed E-state index contributed by atoms with van der Waals surface area (Å²) in [6.07, 6.45) is 2.73. The molecule has 1 aromatic carbocycles. The molecule has 2 aromatic rings. The maximum absolute atomic E-state index is 12.3. The lowest BCUT2D eigenvalue weighted by molar-refractivity contribution is -0.111. The number of rotatable bonds is 5. The fraction of sp³-hybridized carbons (Fsp3) is 0.167. The van der Waals surface area contributed by atoms with Crippen molar-refractivity contribution in [1.82, 2.24) is 0 Å². The number of halogens is 2. The van der Waals surface area contributed by atoms with Crippen molar-refractivity contribution in [2.24, 2.45) is 0 Å². The van der Waals surface area contributed by atoms with Gasteiger partial charge in [0, 0.05) is 16.7 Å². The zero-order chi connectivity index (χ0) is 20.1. The summed E-state index contributed by atoms with van der Waals surface area (Å²) in [6.45, 7) is 1.62. The van der Waals surface area contributed by atoms with Crippen LogP contribution in [-0.4, -0.2) is 26.1 Å². The van der Waals surface area contributed by atoms with E-state index in [1.165, 1.54) is 32.4 Å². The van der Waals surface area contributed by atoms with Crippen molar-refractivity contribution in [3.8, 4) is 11.8 Å². The highest BCUT2D eigenvalue weighted by atomic mass is 35.5. The number of esters is 1. The molecule has 140 valence electrons. The molecule has 1 N–H and O–H groups in total. The minimum Gasteiger partial charge on any atom is -0.495 e. The van der Waals surface area contributed by atoms with Gasteiger partial charge in [-0.2, -0.15) is 5.26 Å². The molecule has 0 aliphatic rings. The number of methoxy groups -OCH3 is 2. The number of hydrogen-bond donors (Lipinski definition) is 1. The van der Waals surface area contributed by atoms with Gasteiger partial charge in [0.1, 0.15) is 21.7 Å². The number of anilines is 1. The number of carbonyl (C=O) groups excluding carboxylic acids is 2. The third kappa shape index (κ3) is 4.61. The molecular weight excluding hydrogens is 411 g/mol. The third-order valence-corrected chi connectivity index (χ3v) is 5.21. The summed E-state index contributed by atoms with van der Waals surface area (Å²) in [7, 11) is 2.70. The highest BCUT2D eigenvalue weighted by Crippen LogP contribution is 2.34. The van der Waals surface area contributed by atoms with Gasteiger partial charge in [-0.1, -0.05) is 23.2 Å². The Morgan fingerprint density at radius 3 is 2.59 bits per heavy atom. The van der Waals surface area contributed by atoms with Crippen LogP contribution in [-0.2, 0) is 9.53 Å². The predicted octanol–water partition coefficient (Wildman–Crippen LogP) is 4.68. The van der Waals surface area contributed by atoms with Gasteiger partial charge in [-0.05, 0) is 30.7 Å². The van der Waals surface area contributed by atoms with Crippen molar-refractivity contribution in [1.29, 1.82) is 5.26 Å². The lowest BCUT2D eigenvalue weighted by Gasteiger charge is -2.07. The molecule has 0 spiro atoms. The molecule has 6 nitrogen and oxygen atoms in total. The summed E-state index contributed by atoms with van der Waals surface area (Å²) in [6, 6.07) is 5.11. The minimum atomic E-state index is -0.566. The molecule has 0 aliphatic heterocycles. The summed E-state index contributed by atoms with van der Waals surface area (Å²) in [5, 5.41) is 12.9. The summed E-state index contributed by atoms with van der Waals surface area (Å²) in [4.78, 5) is 24.3. The van der Waals surface area contributed by atoms with Crippen LogP contribution in [0.3, 0.4) is 0 Å². The Morgan fingerprint density at radius 2 is 2.00 bits per heavy atom. The molecule has 0 saturated carbocycles. The van der Waals surface area contributed by atoms with E-state index in [9.17, 15) is 14.9 Å². The van der Waals surface area contributed by atoms with E-state index >= 15 is 0 Å². The van der Waals surface area contributed by atoms with E-state index < -0.39 is 11.9 Å². The minimum absolute atomic E-state index is 0.213. The van der Waals surface area contributed by atoms with E-state index in [0.29, 0.717) is 26.9 Å². The summed E-state index contributed by atoms with van der Waals surface area (Å²) >= 11 is 13.0. The number of ether oxygens (including phenoxy) is 2. The maximum Gasteiger partial charge on any atom is 0.348 e. The van der Waals surface area contributed by atoms with Crippen molar-refractivity contribution in [2.75, 3.05) is 19.5 Å².